The lowest BCUT2D eigenvalue weighted by Gasteiger charge is -2.44. The number of carbonyl (C=O) groups excluding carboxylic acids is 2. The van der Waals surface area contributed by atoms with Crippen LogP contribution in [0.15, 0.2) is 29.8 Å². The third-order valence-electron chi connectivity index (χ3n) is 16.0. The first-order valence-electron chi connectivity index (χ1n) is 23.5. The van der Waals surface area contributed by atoms with Gasteiger partial charge in [-0.25, -0.2) is 0 Å². The number of esters is 1. The number of cyclic esters (lactones) is 1. The van der Waals surface area contributed by atoms with Gasteiger partial charge in [-0.15, -0.1) is 0 Å². The Kier molecular flexibility index (Phi) is 13.8. The molecule has 4 aliphatic heterocycles. The van der Waals surface area contributed by atoms with Crippen LogP contribution in [-0.4, -0.2) is 132 Å². The summed E-state index contributed by atoms with van der Waals surface area (Å²) < 4.78 is 50.7. The molecule has 7 aliphatic rings. The zero-order chi connectivity index (χ0) is 43.4. The third-order valence-corrected chi connectivity index (χ3v) is 16.0. The van der Waals surface area contributed by atoms with E-state index in [9.17, 15) is 4.79 Å². The Morgan fingerprint density at radius 2 is 1.57 bits per heavy atom. The highest BCUT2D eigenvalue weighted by atomic mass is 16.7. The molecule has 12 nitrogen and oxygen atoms in total. The van der Waals surface area contributed by atoms with Crippen molar-refractivity contribution < 1.29 is 47.5 Å². The number of fused-ring (bicyclic) bond motifs is 8. The molecule has 3 unspecified atom stereocenters. The molecule has 1 aromatic carbocycles. The molecule has 3 aliphatic carbocycles. The molecule has 0 amide bonds. The maximum atomic E-state index is 15.2. The van der Waals surface area contributed by atoms with Gasteiger partial charge in [-0.05, 0) is 134 Å². The highest BCUT2D eigenvalue weighted by molar-refractivity contribution is 5.99. The lowest BCUT2D eigenvalue weighted by molar-refractivity contribution is -0.314. The van der Waals surface area contributed by atoms with Crippen LogP contribution >= 0.6 is 0 Å². The smallest absolute Gasteiger partial charge is 0.306 e. The molecule has 0 bridgehead atoms. The molecule has 2 saturated carbocycles. The van der Waals surface area contributed by atoms with Gasteiger partial charge in [-0.1, -0.05) is 37.6 Å². The molecular formula is C49H74N2O10. The van der Waals surface area contributed by atoms with Crippen molar-refractivity contribution in [2.75, 3.05) is 40.3 Å². The number of hydrogen-bond acceptors (Lipinski definition) is 12. The van der Waals surface area contributed by atoms with Crippen molar-refractivity contribution in [3.05, 3.63) is 41.0 Å². The minimum atomic E-state index is -0.620. The summed E-state index contributed by atoms with van der Waals surface area (Å²) in [6.07, 6.45) is 6.08. The van der Waals surface area contributed by atoms with Crippen LogP contribution in [0.4, 0.5) is 5.69 Å². The van der Waals surface area contributed by atoms with E-state index in [0.717, 1.165) is 50.5 Å². The first kappa shape index (κ1) is 45.2. The minimum absolute atomic E-state index is 0.0239. The summed E-state index contributed by atoms with van der Waals surface area (Å²) in [5.74, 6) is 0.0269. The van der Waals surface area contributed by atoms with Crippen molar-refractivity contribution in [2.45, 2.75) is 179 Å². The summed E-state index contributed by atoms with van der Waals surface area (Å²) in [6.45, 7) is 12.6. The number of ether oxygens (including phenoxy) is 8. The number of likely N-dealkylation sites (N-methyl/N-ethyl adjacent to an activating group) is 1. The Bertz CT molecular complexity index is 1750. The normalized spacial score (nSPS) is 44.0. The molecule has 1 aromatic rings. The number of rotatable bonds is 10. The van der Waals surface area contributed by atoms with E-state index in [1.165, 1.54) is 16.8 Å². The molecule has 4 saturated heterocycles. The minimum Gasteiger partial charge on any atom is -0.462 e. The van der Waals surface area contributed by atoms with Gasteiger partial charge in [-0.2, -0.15) is 0 Å². The van der Waals surface area contributed by atoms with Crippen LogP contribution in [0, 0.1) is 49.4 Å². The number of allylic oxidation sites excluding steroid dienone is 2. The fraction of sp³-hybridized carbons (Fsp3) is 0.796. The number of benzene rings is 1. The quantitative estimate of drug-likeness (QED) is 0.182. The van der Waals surface area contributed by atoms with Gasteiger partial charge < -0.3 is 47.7 Å². The Hall–Kier alpha value is -2.42. The third kappa shape index (κ3) is 8.63. The molecule has 61 heavy (non-hydrogen) atoms. The highest BCUT2D eigenvalue weighted by Gasteiger charge is 2.69. The number of hydrogen-bond donors (Lipinski definition) is 0. The van der Waals surface area contributed by atoms with E-state index in [0.29, 0.717) is 18.4 Å². The summed E-state index contributed by atoms with van der Waals surface area (Å²) in [5.41, 5.74) is 4.51. The molecule has 12 heteroatoms. The van der Waals surface area contributed by atoms with Crippen LogP contribution in [0.3, 0.4) is 0 Å². The van der Waals surface area contributed by atoms with Crippen molar-refractivity contribution in [1.29, 1.82) is 0 Å². The average Bonchev–Trinajstić information content (AvgIpc) is 3.60. The number of aryl methyl sites for hydroxylation is 2. The molecular weight excluding hydrogens is 777 g/mol. The number of nitrogens with zero attached hydrogens (tertiary/aromatic N) is 2. The predicted molar refractivity (Wildman–Crippen MR) is 231 cm³/mol. The van der Waals surface area contributed by atoms with Crippen LogP contribution in [-0.2, 0) is 47.5 Å². The van der Waals surface area contributed by atoms with E-state index in [2.05, 4.69) is 75.9 Å². The van der Waals surface area contributed by atoms with E-state index in [1.54, 1.807) is 21.3 Å². The number of methoxy groups -OCH3 is 3. The van der Waals surface area contributed by atoms with Crippen molar-refractivity contribution >= 4 is 17.4 Å². The molecule has 0 aromatic heterocycles. The van der Waals surface area contributed by atoms with E-state index in [1.807, 2.05) is 13.8 Å². The maximum absolute atomic E-state index is 15.2. The number of carbonyl (C=O) groups is 2. The standard InChI is InChI=1S/C49H74N2O10/c1-12-30-14-13-15-39(61-41-19-18-38(50(7)8)28(5)57-41)27(4)45(53)36-23-33-32-21-31(60-49-48(56-11)47(55-10)46(54-9)29(6)58-49)22-35(32)43-44(42(33)34(36)24-40(52)59-30)51(43)37-17-16-25(2)20-26(37)3/h16-17,20,23,27-35,38-39,41-44,46-49H,12-15,18-19,21-22,24H2,1-11H3/t27-,28?,29?,30+,31+,32+,33+,34-,35-,38+,39+,41+,42-,43+,44-,46+,47?,48+,49+,51?/m1/s1. The molecule has 0 radical (unpaired) electrons. The maximum Gasteiger partial charge on any atom is 0.306 e. The topological polar surface area (TPSA) is 114 Å². The zero-order valence-corrected chi connectivity index (χ0v) is 38.6. The van der Waals surface area contributed by atoms with Gasteiger partial charge in [0.15, 0.2) is 18.4 Å². The molecule has 0 N–H and O–H groups in total. The van der Waals surface area contributed by atoms with Gasteiger partial charge in [0.2, 0.25) is 0 Å². The van der Waals surface area contributed by atoms with Crippen LogP contribution in [0.25, 0.3) is 0 Å². The molecule has 340 valence electrons. The Morgan fingerprint density at radius 3 is 2.25 bits per heavy atom. The first-order valence-corrected chi connectivity index (χ1v) is 23.5. The highest BCUT2D eigenvalue weighted by Crippen LogP contribution is 2.65. The van der Waals surface area contributed by atoms with Gasteiger partial charge in [-0.3, -0.25) is 9.59 Å². The van der Waals surface area contributed by atoms with Crippen molar-refractivity contribution in [1.82, 2.24) is 4.90 Å². The summed E-state index contributed by atoms with van der Waals surface area (Å²) in [6, 6.07) is 7.51. The number of ketones is 1. The summed E-state index contributed by atoms with van der Waals surface area (Å²) in [7, 11) is 9.23. The second kappa shape index (κ2) is 18.6. The summed E-state index contributed by atoms with van der Waals surface area (Å²) in [5, 5.41) is 0. The van der Waals surface area contributed by atoms with Crippen molar-refractivity contribution in [2.24, 2.45) is 35.5 Å². The summed E-state index contributed by atoms with van der Waals surface area (Å²) in [4.78, 5) is 34.1. The molecule has 6 fully saturated rings. The van der Waals surface area contributed by atoms with Gasteiger partial charge >= 0.3 is 5.97 Å². The van der Waals surface area contributed by atoms with Crippen LogP contribution in [0.5, 0.6) is 0 Å². The van der Waals surface area contributed by atoms with Crippen LogP contribution in [0.1, 0.15) is 96.6 Å². The lowest BCUT2D eigenvalue weighted by Crippen LogP contribution is -2.59. The average molecular weight is 851 g/mol. The second-order valence-corrected chi connectivity index (χ2v) is 19.8. The van der Waals surface area contributed by atoms with Crippen LogP contribution in [0.2, 0.25) is 0 Å². The first-order chi connectivity index (χ1) is 29.3. The SMILES string of the molecule is CC[C@H]1CCC[C@H](O[C@H]2CC[C@H](N(C)C)C(C)O2)[C@@H](C)C(=O)C2=C[C@H]3[C@@H]4C[C@H](O[C@@H]5OC(C)[C@H](OC)C(OC)[C@@H]5OC)C[C@H]4[C@H]4[C@@H]([C@H]3[C@@H]2CC(=O)O1)N4c1ccc(C)cc1C. The number of anilines is 1. The molecule has 0 spiro atoms. The summed E-state index contributed by atoms with van der Waals surface area (Å²) >= 11 is 0. The monoisotopic (exact) mass is 851 g/mol. The zero-order valence-electron chi connectivity index (χ0n) is 38.6. The van der Waals surface area contributed by atoms with E-state index >= 15 is 4.79 Å². The molecule has 4 heterocycles. The van der Waals surface area contributed by atoms with Gasteiger partial charge in [0, 0.05) is 44.9 Å². The van der Waals surface area contributed by atoms with E-state index in [4.69, 9.17) is 37.9 Å². The van der Waals surface area contributed by atoms with E-state index < -0.39 is 18.3 Å². The fourth-order valence-corrected chi connectivity index (χ4v) is 13.1. The Balaban J connectivity index is 1.12. The Morgan fingerprint density at radius 1 is 0.836 bits per heavy atom. The number of Topliss-reactive ketones (excluding diaryl/α,β-unsaturated/α-hetero) is 1. The van der Waals surface area contributed by atoms with Crippen molar-refractivity contribution in [3.8, 4) is 0 Å². The lowest BCUT2D eigenvalue weighted by atomic mass is 9.66. The molecule has 8 rings (SSSR count). The molecule has 19 atom stereocenters. The van der Waals surface area contributed by atoms with Gasteiger partial charge in [0.1, 0.15) is 24.4 Å². The Labute approximate surface area is 364 Å². The van der Waals surface area contributed by atoms with Crippen molar-refractivity contribution in [3.63, 3.8) is 0 Å². The van der Waals surface area contributed by atoms with Gasteiger partial charge in [0.25, 0.3) is 0 Å². The predicted octanol–water partition coefficient (Wildman–Crippen LogP) is 6.81. The fourth-order valence-electron chi connectivity index (χ4n) is 13.1. The van der Waals surface area contributed by atoms with Gasteiger partial charge in [0.05, 0.1) is 42.9 Å². The largest absolute Gasteiger partial charge is 0.462 e. The van der Waals surface area contributed by atoms with Crippen LogP contribution < -0.4 is 4.90 Å². The second-order valence-electron chi connectivity index (χ2n) is 19.8. The van der Waals surface area contributed by atoms with E-state index in [-0.39, 0.29) is 103 Å².